The third-order valence-corrected chi connectivity index (χ3v) is 10.5. The van der Waals surface area contributed by atoms with Gasteiger partial charge in [0.05, 0.1) is 5.39 Å². The Morgan fingerprint density at radius 3 is 1.48 bits per heavy atom. The first-order valence-electron chi connectivity index (χ1n) is 17.1. The predicted octanol–water partition coefficient (Wildman–Crippen LogP) is 13.9. The molecule has 0 aliphatic rings. The smallest absolute Gasteiger partial charge is 0.147 e. The van der Waals surface area contributed by atoms with Gasteiger partial charge in [-0.25, -0.2) is 0 Å². The summed E-state index contributed by atoms with van der Waals surface area (Å²) in [5.41, 5.74) is 10.6. The quantitative estimate of drug-likeness (QED) is 0.180. The molecular formula is C48H28O2. The number of hydrogen-bond acceptors (Lipinski definition) is 2. The van der Waals surface area contributed by atoms with Crippen LogP contribution in [0.15, 0.2) is 179 Å². The van der Waals surface area contributed by atoms with Crippen LogP contribution in [0.25, 0.3) is 110 Å². The van der Waals surface area contributed by atoms with E-state index in [0.29, 0.717) is 0 Å². The molecule has 0 fully saturated rings. The Labute approximate surface area is 287 Å². The maximum atomic E-state index is 6.60. The van der Waals surface area contributed by atoms with Crippen LogP contribution in [0.4, 0.5) is 0 Å². The van der Waals surface area contributed by atoms with E-state index in [1.165, 1.54) is 54.6 Å². The Morgan fingerprint density at radius 2 is 0.800 bits per heavy atom. The molecule has 0 unspecified atom stereocenters. The first-order chi connectivity index (χ1) is 24.8. The van der Waals surface area contributed by atoms with Crippen molar-refractivity contribution in [3.63, 3.8) is 0 Å². The van der Waals surface area contributed by atoms with Gasteiger partial charge in [-0.05, 0) is 83.9 Å². The summed E-state index contributed by atoms with van der Waals surface area (Å²) in [6.07, 6.45) is 0. The number of furan rings is 2. The Balaban J connectivity index is 1.16. The summed E-state index contributed by atoms with van der Waals surface area (Å²) >= 11 is 0. The molecule has 2 heteroatoms. The second-order valence-corrected chi connectivity index (χ2v) is 13.1. The van der Waals surface area contributed by atoms with Gasteiger partial charge >= 0.3 is 0 Å². The molecule has 9 aromatic carbocycles. The molecule has 0 bridgehead atoms. The molecule has 232 valence electrons. The molecule has 50 heavy (non-hydrogen) atoms. The molecular weight excluding hydrogens is 609 g/mol. The fourth-order valence-electron chi connectivity index (χ4n) is 8.31. The molecule has 0 saturated heterocycles. The van der Waals surface area contributed by atoms with Gasteiger partial charge < -0.3 is 8.83 Å². The van der Waals surface area contributed by atoms with Crippen LogP contribution in [0, 0.1) is 0 Å². The molecule has 0 atom stereocenters. The zero-order valence-electron chi connectivity index (χ0n) is 27.0. The van der Waals surface area contributed by atoms with Gasteiger partial charge in [-0.3, -0.25) is 0 Å². The second kappa shape index (κ2) is 10.4. The zero-order chi connectivity index (χ0) is 32.8. The van der Waals surface area contributed by atoms with Gasteiger partial charge in [0.25, 0.3) is 0 Å². The van der Waals surface area contributed by atoms with E-state index >= 15 is 0 Å². The average molecular weight is 637 g/mol. The van der Waals surface area contributed by atoms with E-state index in [0.717, 1.165) is 55.0 Å². The van der Waals surface area contributed by atoms with E-state index in [4.69, 9.17) is 8.83 Å². The highest BCUT2D eigenvalue weighted by Crippen LogP contribution is 2.47. The van der Waals surface area contributed by atoms with Crippen molar-refractivity contribution in [3.05, 3.63) is 170 Å². The van der Waals surface area contributed by atoms with E-state index in [9.17, 15) is 0 Å². The molecule has 0 aliphatic carbocycles. The van der Waals surface area contributed by atoms with Gasteiger partial charge in [0.15, 0.2) is 0 Å². The molecule has 0 amide bonds. The summed E-state index contributed by atoms with van der Waals surface area (Å²) in [6.45, 7) is 0. The standard InChI is InChI=1S/C48H28O2/c1-2-14-32-29(12-1)13-11-21-33(32)45-36-17-5-3-15-34(36)44(35-16-4-6-18-37(35)45)31-26-24-30(25-27-31)40-28-43-47(39-20-8-9-22-41(39)49-43)48-46(40)38-19-7-10-23-42(38)50-48/h1-28H. The van der Waals surface area contributed by atoms with Gasteiger partial charge in [-0.1, -0.05) is 152 Å². The minimum absolute atomic E-state index is 0.831. The lowest BCUT2D eigenvalue weighted by Crippen LogP contribution is -1.91. The SMILES string of the molecule is c1ccc2c(-c3c4ccccc4c(-c4ccc(-c5cc6oc7ccccc7c6c6oc7ccccc7c56)cc4)c4ccccc34)cccc2c1. The molecule has 0 spiro atoms. The molecule has 0 aliphatic heterocycles. The third kappa shape index (κ3) is 3.85. The summed E-state index contributed by atoms with van der Waals surface area (Å²) in [7, 11) is 0. The average Bonchev–Trinajstić information content (AvgIpc) is 3.75. The van der Waals surface area contributed by atoms with Gasteiger partial charge in [-0.15, -0.1) is 0 Å². The maximum Gasteiger partial charge on any atom is 0.147 e. The van der Waals surface area contributed by atoms with E-state index in [2.05, 4.69) is 152 Å². The summed E-state index contributed by atoms with van der Waals surface area (Å²) in [5.74, 6) is 0. The van der Waals surface area contributed by atoms with Crippen LogP contribution < -0.4 is 0 Å². The van der Waals surface area contributed by atoms with Gasteiger partial charge in [0.1, 0.15) is 22.3 Å². The molecule has 2 nitrogen and oxygen atoms in total. The zero-order valence-corrected chi connectivity index (χ0v) is 27.0. The summed E-state index contributed by atoms with van der Waals surface area (Å²) in [6, 6.07) is 60.9. The Bertz CT molecular complexity index is 3080. The lowest BCUT2D eigenvalue weighted by molar-refractivity contribution is 0.663. The Hall–Kier alpha value is -6.64. The normalized spacial score (nSPS) is 12.0. The van der Waals surface area contributed by atoms with E-state index < -0.39 is 0 Å². The third-order valence-electron chi connectivity index (χ3n) is 10.5. The summed E-state index contributed by atoms with van der Waals surface area (Å²) in [4.78, 5) is 0. The molecule has 11 aromatic rings. The molecule has 0 saturated carbocycles. The van der Waals surface area contributed by atoms with Crippen molar-refractivity contribution in [1.82, 2.24) is 0 Å². The number of fused-ring (bicyclic) bond motifs is 10. The highest BCUT2D eigenvalue weighted by atomic mass is 16.3. The van der Waals surface area contributed by atoms with Crippen molar-refractivity contribution in [2.24, 2.45) is 0 Å². The number of hydrogen-bond donors (Lipinski definition) is 0. The van der Waals surface area contributed by atoms with Gasteiger partial charge in [0.2, 0.25) is 0 Å². The molecule has 2 heterocycles. The molecule has 2 aromatic heterocycles. The first kappa shape index (κ1) is 27.3. The molecule has 0 radical (unpaired) electrons. The van der Waals surface area contributed by atoms with Crippen molar-refractivity contribution in [2.45, 2.75) is 0 Å². The van der Waals surface area contributed by atoms with E-state index in [1.54, 1.807) is 0 Å². The van der Waals surface area contributed by atoms with Crippen molar-refractivity contribution >= 4 is 76.2 Å². The van der Waals surface area contributed by atoms with Crippen LogP contribution in [0.1, 0.15) is 0 Å². The number of para-hydroxylation sites is 2. The van der Waals surface area contributed by atoms with Crippen molar-refractivity contribution in [1.29, 1.82) is 0 Å². The summed E-state index contributed by atoms with van der Waals surface area (Å²) in [5, 5.41) is 11.8. The number of rotatable bonds is 3. The largest absolute Gasteiger partial charge is 0.456 e. The molecule has 11 rings (SSSR count). The van der Waals surface area contributed by atoms with Crippen molar-refractivity contribution in [2.75, 3.05) is 0 Å². The second-order valence-electron chi connectivity index (χ2n) is 13.1. The highest BCUT2D eigenvalue weighted by Gasteiger charge is 2.22. The fraction of sp³-hybridized carbons (Fsp3) is 0. The van der Waals surface area contributed by atoms with Crippen LogP contribution in [-0.4, -0.2) is 0 Å². The Kier molecular flexibility index (Phi) is 5.70. The minimum atomic E-state index is 0.831. The van der Waals surface area contributed by atoms with Crippen molar-refractivity contribution < 1.29 is 8.83 Å². The lowest BCUT2D eigenvalue weighted by Gasteiger charge is -2.19. The van der Waals surface area contributed by atoms with Crippen LogP contribution in [-0.2, 0) is 0 Å². The maximum absolute atomic E-state index is 6.60. The topological polar surface area (TPSA) is 26.3 Å². The lowest BCUT2D eigenvalue weighted by atomic mass is 9.84. The van der Waals surface area contributed by atoms with Gasteiger partial charge in [-0.2, -0.15) is 0 Å². The minimum Gasteiger partial charge on any atom is -0.456 e. The monoisotopic (exact) mass is 636 g/mol. The first-order valence-corrected chi connectivity index (χ1v) is 17.1. The van der Waals surface area contributed by atoms with Crippen LogP contribution in [0.2, 0.25) is 0 Å². The highest BCUT2D eigenvalue weighted by molar-refractivity contribution is 6.27. The van der Waals surface area contributed by atoms with Crippen molar-refractivity contribution in [3.8, 4) is 33.4 Å². The van der Waals surface area contributed by atoms with Crippen LogP contribution in [0.5, 0.6) is 0 Å². The Morgan fingerprint density at radius 1 is 0.300 bits per heavy atom. The molecule has 0 N–H and O–H groups in total. The van der Waals surface area contributed by atoms with Crippen LogP contribution >= 0.6 is 0 Å². The number of benzene rings is 9. The van der Waals surface area contributed by atoms with Crippen LogP contribution in [0.3, 0.4) is 0 Å². The fourth-order valence-corrected chi connectivity index (χ4v) is 8.31. The summed E-state index contributed by atoms with van der Waals surface area (Å²) < 4.78 is 13.0. The predicted molar refractivity (Wildman–Crippen MR) is 210 cm³/mol. The van der Waals surface area contributed by atoms with E-state index in [1.807, 2.05) is 18.2 Å². The van der Waals surface area contributed by atoms with Gasteiger partial charge in [0, 0.05) is 16.2 Å². The van der Waals surface area contributed by atoms with E-state index in [-0.39, 0.29) is 0 Å².